The summed E-state index contributed by atoms with van der Waals surface area (Å²) in [6.45, 7) is -2.43. The molecule has 1 aromatic carbocycles. The molecule has 0 saturated carbocycles. The van der Waals surface area contributed by atoms with E-state index in [4.69, 9.17) is 15.7 Å². The molecule has 110 valence electrons. The van der Waals surface area contributed by atoms with Gasteiger partial charge in [0.15, 0.2) is 5.69 Å². The molecule has 0 N–H and O–H groups in total. The Morgan fingerprint density at radius 2 is 2.23 bits per heavy atom. The van der Waals surface area contributed by atoms with E-state index in [0.29, 0.717) is 10.7 Å². The van der Waals surface area contributed by atoms with E-state index in [1.54, 1.807) is 12.1 Å². The number of aromatic nitrogens is 4. The van der Waals surface area contributed by atoms with Gasteiger partial charge in [0.2, 0.25) is 11.2 Å². The second-order valence-corrected chi connectivity index (χ2v) is 4.89. The Labute approximate surface area is 134 Å². The van der Waals surface area contributed by atoms with Gasteiger partial charge < -0.3 is 0 Å². The first-order valence-electron chi connectivity index (χ1n) is 7.71. The number of halogens is 1. The molecule has 0 aliphatic rings. The zero-order valence-corrected chi connectivity index (χ0v) is 11.9. The van der Waals surface area contributed by atoms with E-state index in [9.17, 15) is 9.59 Å². The van der Waals surface area contributed by atoms with Crippen LogP contribution in [0.25, 0.3) is 5.69 Å². The third-order valence-corrected chi connectivity index (χ3v) is 3.18. The number of nitrogens with zero attached hydrogens (tertiary/aromatic N) is 4. The smallest absolute Gasteiger partial charge is 0.217 e. The van der Waals surface area contributed by atoms with Crippen LogP contribution in [0.1, 0.15) is 20.2 Å². The first kappa shape index (κ1) is 10.9. The van der Waals surface area contributed by atoms with Crippen molar-refractivity contribution in [2.24, 2.45) is 6.98 Å². The fourth-order valence-electron chi connectivity index (χ4n) is 1.91. The summed E-state index contributed by atoms with van der Waals surface area (Å²) in [5.74, 6) is -0.579. The van der Waals surface area contributed by atoms with Crippen molar-refractivity contribution in [3.8, 4) is 5.69 Å². The molecule has 2 aromatic heterocycles. The van der Waals surface area contributed by atoms with Gasteiger partial charge in [-0.2, -0.15) is 10.2 Å². The van der Waals surface area contributed by atoms with Gasteiger partial charge in [-0.25, -0.2) is 4.68 Å². The molecule has 22 heavy (non-hydrogen) atoms. The average molecular weight is 318 g/mol. The molecule has 0 saturated heterocycles. The van der Waals surface area contributed by atoms with E-state index in [-0.39, 0.29) is 11.3 Å². The molecular formula is C15H11ClN4O2. The van der Waals surface area contributed by atoms with Crippen LogP contribution >= 0.6 is 11.6 Å². The topological polar surface area (TPSA) is 69.8 Å². The van der Waals surface area contributed by atoms with Crippen LogP contribution in [0.15, 0.2) is 53.7 Å². The van der Waals surface area contributed by atoms with Crippen LogP contribution in [0.5, 0.6) is 0 Å². The predicted octanol–water partition coefficient (Wildman–Crippen LogP) is 1.85. The first-order chi connectivity index (χ1) is 11.8. The van der Waals surface area contributed by atoms with Crippen molar-refractivity contribution in [3.63, 3.8) is 0 Å². The maximum atomic E-state index is 12.5. The monoisotopic (exact) mass is 317 g/mol. The molecule has 0 radical (unpaired) electrons. The van der Waals surface area contributed by atoms with Gasteiger partial charge in [-0.15, -0.1) is 0 Å². The molecule has 3 aromatic rings. The van der Waals surface area contributed by atoms with E-state index in [1.807, 2.05) is 0 Å². The number of benzene rings is 1. The lowest BCUT2D eigenvalue weighted by atomic mass is 10.1. The second kappa shape index (κ2) is 5.57. The van der Waals surface area contributed by atoms with Crippen LogP contribution < -0.4 is 5.43 Å². The molecule has 0 amide bonds. The molecule has 0 bridgehead atoms. The molecule has 0 spiro atoms. The summed E-state index contributed by atoms with van der Waals surface area (Å²) in [7, 11) is 0. The van der Waals surface area contributed by atoms with Crippen molar-refractivity contribution in [1.82, 2.24) is 19.6 Å². The van der Waals surface area contributed by atoms with Gasteiger partial charge >= 0.3 is 0 Å². The minimum Gasteiger partial charge on any atom is -0.287 e. The molecule has 2 heterocycles. The van der Waals surface area contributed by atoms with E-state index >= 15 is 0 Å². The summed E-state index contributed by atoms with van der Waals surface area (Å²) in [5.41, 5.74) is -0.319. The molecule has 0 aliphatic heterocycles. The molecule has 0 aliphatic carbocycles. The fraction of sp³-hybridized carbons (Fsp3) is 0.0667. The van der Waals surface area contributed by atoms with Gasteiger partial charge in [-0.05, 0) is 12.1 Å². The zero-order chi connectivity index (χ0) is 18.2. The van der Waals surface area contributed by atoms with Crippen LogP contribution in [0, 0.1) is 0 Å². The van der Waals surface area contributed by atoms with Crippen LogP contribution in [0.2, 0.25) is 5.02 Å². The highest BCUT2D eigenvalue weighted by Gasteiger charge is 2.16. The molecule has 0 atom stereocenters. The number of rotatable bonds is 3. The van der Waals surface area contributed by atoms with E-state index in [1.165, 1.54) is 41.5 Å². The Bertz CT molecular complexity index is 1010. The van der Waals surface area contributed by atoms with Gasteiger partial charge in [-0.1, -0.05) is 23.7 Å². The highest BCUT2D eigenvalue weighted by molar-refractivity contribution is 6.31. The molecule has 0 unspecified atom stereocenters. The van der Waals surface area contributed by atoms with Crippen LogP contribution in [-0.4, -0.2) is 25.3 Å². The van der Waals surface area contributed by atoms with Gasteiger partial charge in [-0.3, -0.25) is 14.3 Å². The zero-order valence-electron chi connectivity index (χ0n) is 14.1. The Balaban J connectivity index is 2.03. The molecule has 0 fully saturated rings. The lowest BCUT2D eigenvalue weighted by molar-refractivity contribution is 0.103. The summed E-state index contributed by atoms with van der Waals surface area (Å²) in [6.07, 6.45) is 3.85. The predicted molar refractivity (Wildman–Crippen MR) is 81.5 cm³/mol. The van der Waals surface area contributed by atoms with Crippen molar-refractivity contribution in [3.05, 3.63) is 75.4 Å². The lowest BCUT2D eigenvalue weighted by Crippen LogP contribution is -2.21. The number of aryl methyl sites for hydroxylation is 1. The Kier molecular flexibility index (Phi) is 2.77. The fourth-order valence-corrected chi connectivity index (χ4v) is 2.10. The highest BCUT2D eigenvalue weighted by atomic mass is 35.5. The first-order valence-corrected chi connectivity index (χ1v) is 6.59. The minimum absolute atomic E-state index is 0.230. The van der Waals surface area contributed by atoms with Gasteiger partial charge in [0, 0.05) is 33.9 Å². The molecule has 6 nitrogen and oxygen atoms in total. The van der Waals surface area contributed by atoms with Crippen molar-refractivity contribution in [2.75, 3.05) is 0 Å². The van der Waals surface area contributed by atoms with Crippen molar-refractivity contribution in [2.45, 2.75) is 0 Å². The molecule has 3 rings (SSSR count). The third kappa shape index (κ3) is 2.68. The maximum Gasteiger partial charge on any atom is 0.217 e. The largest absolute Gasteiger partial charge is 0.287 e. The van der Waals surface area contributed by atoms with E-state index < -0.39 is 18.2 Å². The SMILES string of the molecule is [2H]C([2H])([2H])n1cc(-n2ccc(=O)c(C(=O)c3cccc(Cl)c3)n2)cn1. The number of hydrogen-bond donors (Lipinski definition) is 0. The van der Waals surface area contributed by atoms with Crippen LogP contribution in [0.4, 0.5) is 0 Å². The van der Waals surface area contributed by atoms with Crippen molar-refractivity contribution >= 4 is 17.4 Å². The Hall–Kier alpha value is -2.73. The number of ketones is 1. The van der Waals surface area contributed by atoms with Crippen molar-refractivity contribution in [1.29, 1.82) is 0 Å². The average Bonchev–Trinajstić information content (AvgIpc) is 3.05. The number of carbonyl (C=O) groups is 1. The summed E-state index contributed by atoms with van der Waals surface area (Å²) in [5, 5.41) is 8.12. The van der Waals surface area contributed by atoms with Crippen LogP contribution in [0.3, 0.4) is 0 Å². The van der Waals surface area contributed by atoms with Crippen molar-refractivity contribution < 1.29 is 8.91 Å². The lowest BCUT2D eigenvalue weighted by Gasteiger charge is -2.04. The summed E-state index contributed by atoms with van der Waals surface area (Å²) in [4.78, 5) is 24.5. The van der Waals surface area contributed by atoms with E-state index in [2.05, 4.69) is 10.2 Å². The van der Waals surface area contributed by atoms with Crippen LogP contribution in [-0.2, 0) is 6.98 Å². The summed E-state index contributed by atoms with van der Waals surface area (Å²) in [6, 6.07) is 7.35. The van der Waals surface area contributed by atoms with Gasteiger partial charge in [0.1, 0.15) is 5.69 Å². The second-order valence-electron chi connectivity index (χ2n) is 4.46. The summed E-state index contributed by atoms with van der Waals surface area (Å²) < 4.78 is 23.9. The number of hydrogen-bond acceptors (Lipinski definition) is 4. The Morgan fingerprint density at radius 3 is 2.95 bits per heavy atom. The van der Waals surface area contributed by atoms with Gasteiger partial charge in [0.05, 0.1) is 12.4 Å². The molecular weight excluding hydrogens is 304 g/mol. The maximum absolute atomic E-state index is 12.5. The Morgan fingerprint density at radius 1 is 1.36 bits per heavy atom. The minimum atomic E-state index is -2.43. The highest BCUT2D eigenvalue weighted by Crippen LogP contribution is 2.13. The quantitative estimate of drug-likeness (QED) is 0.691. The number of carbonyl (C=O) groups excluding carboxylic acids is 1. The van der Waals surface area contributed by atoms with Gasteiger partial charge in [0.25, 0.3) is 0 Å². The summed E-state index contributed by atoms with van der Waals surface area (Å²) >= 11 is 5.87. The molecule has 7 heteroatoms. The van der Waals surface area contributed by atoms with E-state index in [0.717, 1.165) is 4.68 Å². The third-order valence-electron chi connectivity index (χ3n) is 2.94. The normalized spacial score (nSPS) is 13.2. The standard InChI is InChI=1S/C15H11ClN4O2/c1-19-9-12(8-17-19)20-6-5-13(21)14(18-20)15(22)10-3-2-4-11(16)7-10/h2-9H,1H3/i1D3.